The molecule has 0 aromatic heterocycles. The van der Waals surface area contributed by atoms with Crippen LogP contribution in [-0.4, -0.2) is 26.3 Å². The first-order chi connectivity index (χ1) is 6.38. The fraction of sp³-hybridized carbons (Fsp3) is 1.00. The van der Waals surface area contributed by atoms with Crippen LogP contribution >= 0.6 is 0 Å². The third-order valence-corrected chi connectivity index (χ3v) is 2.95. The second-order valence-electron chi connectivity index (χ2n) is 4.06. The highest BCUT2D eigenvalue weighted by Gasteiger charge is 2.23. The molecule has 2 nitrogen and oxygen atoms in total. The molecular weight excluding hydrogens is 162 g/mol. The van der Waals surface area contributed by atoms with Crippen molar-refractivity contribution in [1.82, 2.24) is 5.32 Å². The molecule has 1 N–H and O–H groups in total. The van der Waals surface area contributed by atoms with E-state index in [1.54, 1.807) is 0 Å². The van der Waals surface area contributed by atoms with E-state index in [0.717, 1.165) is 19.1 Å². The van der Waals surface area contributed by atoms with Gasteiger partial charge in [0, 0.05) is 13.2 Å². The molecule has 0 bridgehead atoms. The second kappa shape index (κ2) is 6.39. The summed E-state index contributed by atoms with van der Waals surface area (Å²) >= 11 is 0. The molecule has 2 atom stereocenters. The Morgan fingerprint density at radius 1 is 1.31 bits per heavy atom. The van der Waals surface area contributed by atoms with Gasteiger partial charge in [0.1, 0.15) is 0 Å². The monoisotopic (exact) mass is 185 g/mol. The van der Waals surface area contributed by atoms with Gasteiger partial charge in [0.15, 0.2) is 0 Å². The highest BCUT2D eigenvalue weighted by atomic mass is 16.5. The van der Waals surface area contributed by atoms with Crippen molar-refractivity contribution in [2.45, 2.75) is 45.1 Å². The number of ether oxygens (including phenoxy) is 1. The summed E-state index contributed by atoms with van der Waals surface area (Å²) in [6, 6.07) is 0.716. The predicted octanol–water partition coefficient (Wildman–Crippen LogP) is 2.19. The Morgan fingerprint density at radius 3 is 2.77 bits per heavy atom. The number of methoxy groups -OCH3 is 1. The smallest absolute Gasteiger partial charge is 0.0505 e. The van der Waals surface area contributed by atoms with E-state index in [0.29, 0.717) is 6.04 Å². The molecule has 13 heavy (non-hydrogen) atoms. The van der Waals surface area contributed by atoms with Gasteiger partial charge in [-0.2, -0.15) is 0 Å². The molecule has 78 valence electrons. The van der Waals surface area contributed by atoms with Gasteiger partial charge in [-0.05, 0) is 31.7 Å². The number of nitrogens with one attached hydrogen (secondary N) is 1. The minimum Gasteiger partial charge on any atom is -0.384 e. The normalized spacial score (nSPS) is 29.1. The zero-order chi connectivity index (χ0) is 9.52. The summed E-state index contributed by atoms with van der Waals surface area (Å²) in [5, 5.41) is 3.63. The summed E-state index contributed by atoms with van der Waals surface area (Å²) in [7, 11) is 1.81. The molecule has 0 spiro atoms. The summed E-state index contributed by atoms with van der Waals surface area (Å²) in [5.41, 5.74) is 0. The number of hydrogen-bond acceptors (Lipinski definition) is 2. The maximum atomic E-state index is 5.25. The molecular formula is C11H23NO. The van der Waals surface area contributed by atoms with Gasteiger partial charge in [-0.1, -0.05) is 19.8 Å². The van der Waals surface area contributed by atoms with E-state index in [4.69, 9.17) is 4.74 Å². The van der Waals surface area contributed by atoms with Gasteiger partial charge in [0.05, 0.1) is 6.61 Å². The van der Waals surface area contributed by atoms with Crippen LogP contribution in [0.2, 0.25) is 0 Å². The fourth-order valence-electron chi connectivity index (χ4n) is 2.22. The molecule has 0 aromatic rings. The van der Waals surface area contributed by atoms with Crippen LogP contribution in [0.15, 0.2) is 0 Å². The summed E-state index contributed by atoms with van der Waals surface area (Å²) in [5.74, 6) is 0.755. The molecule has 0 aliphatic heterocycles. The summed E-state index contributed by atoms with van der Waals surface area (Å²) in [4.78, 5) is 0. The topological polar surface area (TPSA) is 21.3 Å². The molecule has 0 radical (unpaired) electrons. The number of rotatable bonds is 5. The van der Waals surface area contributed by atoms with E-state index in [2.05, 4.69) is 12.2 Å². The van der Waals surface area contributed by atoms with E-state index < -0.39 is 0 Å². The minimum absolute atomic E-state index is 0.716. The Balaban J connectivity index is 2.28. The molecule has 0 aromatic carbocycles. The van der Waals surface area contributed by atoms with Crippen molar-refractivity contribution in [2.24, 2.45) is 5.92 Å². The highest BCUT2D eigenvalue weighted by molar-refractivity contribution is 4.80. The molecule has 0 amide bonds. The van der Waals surface area contributed by atoms with Gasteiger partial charge in [-0.3, -0.25) is 0 Å². The Labute approximate surface area is 82.0 Å². The third-order valence-electron chi connectivity index (χ3n) is 2.95. The minimum atomic E-state index is 0.716. The van der Waals surface area contributed by atoms with Gasteiger partial charge in [-0.25, -0.2) is 0 Å². The average molecular weight is 185 g/mol. The van der Waals surface area contributed by atoms with Crippen molar-refractivity contribution in [3.8, 4) is 0 Å². The van der Waals surface area contributed by atoms with E-state index in [1.165, 1.54) is 32.1 Å². The first kappa shape index (κ1) is 11.0. The Hall–Kier alpha value is -0.0800. The van der Waals surface area contributed by atoms with Crippen LogP contribution in [-0.2, 0) is 4.74 Å². The lowest BCUT2D eigenvalue weighted by Gasteiger charge is -2.31. The van der Waals surface area contributed by atoms with Crippen LogP contribution in [0.25, 0.3) is 0 Å². The Morgan fingerprint density at radius 2 is 2.08 bits per heavy atom. The first-order valence-electron chi connectivity index (χ1n) is 5.60. The second-order valence-corrected chi connectivity index (χ2v) is 4.06. The van der Waals surface area contributed by atoms with Gasteiger partial charge in [-0.15, -0.1) is 0 Å². The quantitative estimate of drug-likeness (QED) is 0.709. The largest absolute Gasteiger partial charge is 0.384 e. The van der Waals surface area contributed by atoms with Crippen molar-refractivity contribution in [3.63, 3.8) is 0 Å². The maximum Gasteiger partial charge on any atom is 0.0505 e. The predicted molar refractivity (Wildman–Crippen MR) is 55.9 cm³/mol. The molecule has 1 saturated carbocycles. The van der Waals surface area contributed by atoms with Gasteiger partial charge < -0.3 is 10.1 Å². The summed E-state index contributed by atoms with van der Waals surface area (Å²) in [6.07, 6.45) is 6.69. The standard InChI is InChI=1S/C11H23NO/c1-3-8-12-11-7-5-4-6-10(11)9-13-2/h10-12H,3-9H2,1-2H3. The van der Waals surface area contributed by atoms with E-state index >= 15 is 0 Å². The Bertz CT molecular complexity index is 125. The molecule has 0 heterocycles. The average Bonchev–Trinajstić information content (AvgIpc) is 2.17. The molecule has 1 aliphatic carbocycles. The molecule has 1 rings (SSSR count). The molecule has 1 aliphatic rings. The van der Waals surface area contributed by atoms with Crippen molar-refractivity contribution < 1.29 is 4.74 Å². The lowest BCUT2D eigenvalue weighted by Crippen LogP contribution is -2.40. The highest BCUT2D eigenvalue weighted by Crippen LogP contribution is 2.24. The lowest BCUT2D eigenvalue weighted by molar-refractivity contribution is 0.108. The molecule has 2 heteroatoms. The molecule has 1 fully saturated rings. The maximum absolute atomic E-state index is 5.25. The Kier molecular flexibility index (Phi) is 5.40. The van der Waals surface area contributed by atoms with E-state index in [-0.39, 0.29) is 0 Å². The van der Waals surface area contributed by atoms with Crippen LogP contribution in [0, 0.1) is 5.92 Å². The van der Waals surface area contributed by atoms with E-state index in [1.807, 2.05) is 7.11 Å². The zero-order valence-electron chi connectivity index (χ0n) is 9.01. The molecule has 0 saturated heterocycles. The van der Waals surface area contributed by atoms with Crippen LogP contribution in [0.5, 0.6) is 0 Å². The van der Waals surface area contributed by atoms with Crippen LogP contribution in [0.4, 0.5) is 0 Å². The lowest BCUT2D eigenvalue weighted by atomic mass is 9.85. The summed E-state index contributed by atoms with van der Waals surface area (Å²) < 4.78 is 5.25. The first-order valence-corrected chi connectivity index (χ1v) is 5.60. The van der Waals surface area contributed by atoms with E-state index in [9.17, 15) is 0 Å². The summed E-state index contributed by atoms with van der Waals surface area (Å²) in [6.45, 7) is 4.31. The van der Waals surface area contributed by atoms with Crippen molar-refractivity contribution in [3.05, 3.63) is 0 Å². The van der Waals surface area contributed by atoms with Crippen LogP contribution < -0.4 is 5.32 Å². The SMILES string of the molecule is CCCNC1CCCCC1COC. The third kappa shape index (κ3) is 3.65. The van der Waals surface area contributed by atoms with Crippen molar-refractivity contribution in [2.75, 3.05) is 20.3 Å². The van der Waals surface area contributed by atoms with Crippen LogP contribution in [0.3, 0.4) is 0 Å². The number of hydrogen-bond donors (Lipinski definition) is 1. The van der Waals surface area contributed by atoms with Crippen molar-refractivity contribution >= 4 is 0 Å². The van der Waals surface area contributed by atoms with Crippen molar-refractivity contribution in [1.29, 1.82) is 0 Å². The fourth-order valence-corrected chi connectivity index (χ4v) is 2.22. The molecule has 2 unspecified atom stereocenters. The zero-order valence-corrected chi connectivity index (χ0v) is 9.01. The van der Waals surface area contributed by atoms with Crippen LogP contribution in [0.1, 0.15) is 39.0 Å². The van der Waals surface area contributed by atoms with Gasteiger partial charge in [0.2, 0.25) is 0 Å². The van der Waals surface area contributed by atoms with Gasteiger partial charge >= 0.3 is 0 Å². The van der Waals surface area contributed by atoms with Gasteiger partial charge in [0.25, 0.3) is 0 Å².